The molecule has 0 aromatic carbocycles. The van der Waals surface area contributed by atoms with E-state index in [2.05, 4.69) is 4.98 Å². The van der Waals surface area contributed by atoms with Gasteiger partial charge in [-0.25, -0.2) is 4.98 Å². The fourth-order valence-corrected chi connectivity index (χ4v) is 3.76. The Morgan fingerprint density at radius 1 is 1.29 bits per heavy atom. The summed E-state index contributed by atoms with van der Waals surface area (Å²) < 4.78 is 16.8. The third kappa shape index (κ3) is 5.00. The van der Waals surface area contributed by atoms with E-state index < -0.39 is 24.4 Å². The molecule has 158 valence electrons. The van der Waals surface area contributed by atoms with Crippen LogP contribution in [0.4, 0.5) is 0 Å². The number of aliphatic hydroxyl groups is 4. The van der Waals surface area contributed by atoms with Crippen molar-refractivity contribution in [3.63, 3.8) is 0 Å². The number of hydrogen-bond donors (Lipinski definition) is 4. The average molecular weight is 397 g/mol. The van der Waals surface area contributed by atoms with Gasteiger partial charge in [0.1, 0.15) is 18.5 Å². The summed E-state index contributed by atoms with van der Waals surface area (Å²) in [5.74, 6) is 0.607. The van der Waals surface area contributed by atoms with Crippen molar-refractivity contribution < 1.29 is 34.3 Å². The number of epoxide rings is 1. The Bertz CT molecular complexity index is 673. The zero-order valence-corrected chi connectivity index (χ0v) is 16.6. The zero-order valence-electron chi connectivity index (χ0n) is 16.6. The number of rotatable bonds is 8. The van der Waals surface area contributed by atoms with Crippen molar-refractivity contribution in [1.29, 1.82) is 0 Å². The first-order chi connectivity index (χ1) is 13.3. The van der Waals surface area contributed by atoms with E-state index in [1.807, 2.05) is 13.8 Å². The van der Waals surface area contributed by atoms with Gasteiger partial charge >= 0.3 is 0 Å². The van der Waals surface area contributed by atoms with Gasteiger partial charge in [-0.15, -0.1) is 0 Å². The lowest BCUT2D eigenvalue weighted by Crippen LogP contribution is -2.50. The van der Waals surface area contributed by atoms with Gasteiger partial charge in [0, 0.05) is 11.8 Å². The van der Waals surface area contributed by atoms with E-state index >= 15 is 0 Å². The molecule has 1 aromatic heterocycles. The third-order valence-electron chi connectivity index (χ3n) is 5.79. The average Bonchev–Trinajstić information content (AvgIpc) is 3.28. The highest BCUT2D eigenvalue weighted by Gasteiger charge is 2.48. The van der Waals surface area contributed by atoms with Gasteiger partial charge in [0.2, 0.25) is 5.89 Å². The minimum absolute atomic E-state index is 0.00291. The standard InChI is InChI=1S/C20H31NO7/c1-10(5-17-21-7-14(8-22)27-17)4-15-19(25)18(24)13(9-26-15)6-16-20(28-16)11(2)12(3)23/h5,7,11-13,15-16,18-20,22-25H,4,6,8-9H2,1-3H3/b10-5+/t11-,12-,13-,15-,16-,18+,19-,20-/m0/s1. The summed E-state index contributed by atoms with van der Waals surface area (Å²) in [4.78, 5) is 4.05. The third-order valence-corrected chi connectivity index (χ3v) is 5.79. The molecule has 0 aliphatic carbocycles. The molecule has 0 spiro atoms. The van der Waals surface area contributed by atoms with Crippen LogP contribution in [0, 0.1) is 11.8 Å². The number of oxazole rings is 1. The Balaban J connectivity index is 1.51. The highest BCUT2D eigenvalue weighted by molar-refractivity contribution is 5.43. The molecule has 2 aliphatic heterocycles. The number of aliphatic hydroxyl groups excluding tert-OH is 4. The fraction of sp³-hybridized carbons (Fsp3) is 0.750. The van der Waals surface area contributed by atoms with Crippen LogP contribution in [0.2, 0.25) is 0 Å². The molecule has 0 amide bonds. The van der Waals surface area contributed by atoms with Gasteiger partial charge < -0.3 is 34.3 Å². The number of hydrogen-bond acceptors (Lipinski definition) is 8. The topological polar surface area (TPSA) is 129 Å². The fourth-order valence-electron chi connectivity index (χ4n) is 3.76. The molecule has 0 bridgehead atoms. The molecule has 0 saturated carbocycles. The maximum absolute atomic E-state index is 10.5. The van der Waals surface area contributed by atoms with Gasteiger partial charge in [-0.2, -0.15) is 0 Å². The largest absolute Gasteiger partial charge is 0.439 e. The van der Waals surface area contributed by atoms with Crippen LogP contribution in [-0.2, 0) is 16.1 Å². The molecule has 0 radical (unpaired) electrons. The van der Waals surface area contributed by atoms with Gasteiger partial charge in [0.15, 0.2) is 0 Å². The first-order valence-corrected chi connectivity index (χ1v) is 9.84. The van der Waals surface area contributed by atoms with Crippen LogP contribution >= 0.6 is 0 Å². The van der Waals surface area contributed by atoms with Crippen LogP contribution in [0.5, 0.6) is 0 Å². The molecule has 0 unspecified atom stereocenters. The van der Waals surface area contributed by atoms with Crippen molar-refractivity contribution in [3.8, 4) is 0 Å². The summed E-state index contributed by atoms with van der Waals surface area (Å²) in [6, 6.07) is 0. The molecule has 3 rings (SSSR count). The Morgan fingerprint density at radius 2 is 2.04 bits per heavy atom. The van der Waals surface area contributed by atoms with Crippen molar-refractivity contribution in [3.05, 3.63) is 23.4 Å². The van der Waals surface area contributed by atoms with Gasteiger partial charge in [-0.1, -0.05) is 12.5 Å². The Hall–Kier alpha value is -1.29. The predicted octanol–water partition coefficient (Wildman–Crippen LogP) is 0.871. The van der Waals surface area contributed by atoms with Crippen molar-refractivity contribution in [2.45, 2.75) is 76.8 Å². The number of ether oxygens (including phenoxy) is 2. The summed E-state index contributed by atoms with van der Waals surface area (Å²) in [5.41, 5.74) is 0.886. The Morgan fingerprint density at radius 3 is 2.68 bits per heavy atom. The maximum atomic E-state index is 10.5. The molecular weight excluding hydrogens is 366 g/mol. The van der Waals surface area contributed by atoms with Gasteiger partial charge in [0.25, 0.3) is 0 Å². The molecule has 8 atom stereocenters. The summed E-state index contributed by atoms with van der Waals surface area (Å²) in [6.45, 7) is 5.70. The number of nitrogens with zero attached hydrogens (tertiary/aromatic N) is 1. The predicted molar refractivity (Wildman–Crippen MR) is 100 cm³/mol. The lowest BCUT2D eigenvalue weighted by Gasteiger charge is -2.38. The summed E-state index contributed by atoms with van der Waals surface area (Å²) in [5, 5.41) is 39.7. The second-order valence-electron chi connectivity index (χ2n) is 8.11. The highest BCUT2D eigenvalue weighted by Crippen LogP contribution is 2.38. The van der Waals surface area contributed by atoms with Gasteiger partial charge in [0.05, 0.1) is 43.3 Å². The van der Waals surface area contributed by atoms with E-state index in [1.54, 1.807) is 13.0 Å². The molecule has 4 N–H and O–H groups in total. The smallest absolute Gasteiger partial charge is 0.218 e. The Labute approximate surface area is 164 Å². The normalized spacial score (nSPS) is 35.6. The van der Waals surface area contributed by atoms with Crippen LogP contribution in [0.1, 0.15) is 45.3 Å². The van der Waals surface area contributed by atoms with E-state index in [-0.39, 0.29) is 30.7 Å². The first-order valence-electron chi connectivity index (χ1n) is 9.84. The van der Waals surface area contributed by atoms with Crippen LogP contribution in [0.25, 0.3) is 6.08 Å². The van der Waals surface area contributed by atoms with E-state index in [1.165, 1.54) is 6.20 Å². The SMILES string of the molecule is C/C(=C\c1ncc(CO)o1)C[C@@H]1OC[C@H](C[C@@H]2O[C@H]2[C@@H](C)[C@H](C)O)[C@@H](O)[C@H]1O. The molecule has 2 aliphatic rings. The molecule has 8 nitrogen and oxygen atoms in total. The van der Waals surface area contributed by atoms with E-state index in [0.717, 1.165) is 5.57 Å². The summed E-state index contributed by atoms with van der Waals surface area (Å²) in [6.07, 6.45) is 1.38. The van der Waals surface area contributed by atoms with Crippen molar-refractivity contribution >= 4 is 6.08 Å². The first kappa shape index (κ1) is 21.4. The molecule has 2 saturated heterocycles. The lowest BCUT2D eigenvalue weighted by molar-refractivity contribution is -0.165. The maximum Gasteiger partial charge on any atom is 0.218 e. The second-order valence-corrected chi connectivity index (χ2v) is 8.11. The highest BCUT2D eigenvalue weighted by atomic mass is 16.6. The molecule has 8 heteroatoms. The quantitative estimate of drug-likeness (QED) is 0.476. The molecular formula is C20H31NO7. The molecule has 3 heterocycles. The van der Waals surface area contributed by atoms with Crippen molar-refractivity contribution in [2.75, 3.05) is 6.61 Å². The van der Waals surface area contributed by atoms with E-state index in [4.69, 9.17) is 19.0 Å². The molecule has 1 aromatic rings. The monoisotopic (exact) mass is 397 g/mol. The van der Waals surface area contributed by atoms with Crippen LogP contribution in [-0.4, -0.2) is 68.6 Å². The lowest BCUT2D eigenvalue weighted by atomic mass is 9.85. The summed E-state index contributed by atoms with van der Waals surface area (Å²) in [7, 11) is 0. The zero-order chi connectivity index (χ0) is 20.4. The minimum atomic E-state index is -0.994. The van der Waals surface area contributed by atoms with Gasteiger partial charge in [-0.05, 0) is 32.8 Å². The molecule has 2 fully saturated rings. The van der Waals surface area contributed by atoms with Crippen LogP contribution < -0.4 is 0 Å². The summed E-state index contributed by atoms with van der Waals surface area (Å²) >= 11 is 0. The second kappa shape index (κ2) is 9.02. The van der Waals surface area contributed by atoms with Crippen LogP contribution in [0.3, 0.4) is 0 Å². The minimum Gasteiger partial charge on any atom is -0.439 e. The van der Waals surface area contributed by atoms with E-state index in [9.17, 15) is 15.3 Å². The van der Waals surface area contributed by atoms with E-state index in [0.29, 0.717) is 31.1 Å². The van der Waals surface area contributed by atoms with Crippen LogP contribution in [0.15, 0.2) is 16.2 Å². The number of aromatic nitrogens is 1. The van der Waals surface area contributed by atoms with Crippen molar-refractivity contribution in [2.24, 2.45) is 11.8 Å². The Kier molecular flexibility index (Phi) is 6.90. The molecule has 28 heavy (non-hydrogen) atoms. The van der Waals surface area contributed by atoms with Crippen molar-refractivity contribution in [1.82, 2.24) is 4.98 Å². The van der Waals surface area contributed by atoms with Gasteiger partial charge in [-0.3, -0.25) is 0 Å².